The first-order valence-corrected chi connectivity index (χ1v) is 22.1. The number of fused-ring (bicyclic) bond motifs is 3. The van der Waals surface area contributed by atoms with Gasteiger partial charge in [0, 0.05) is 0 Å². The van der Waals surface area contributed by atoms with E-state index in [1.807, 2.05) is 3.28 Å². The molecule has 0 heterocycles. The molecule has 0 aromatic heterocycles. The van der Waals surface area contributed by atoms with E-state index in [4.69, 9.17) is 0 Å². The largest absolute Gasteiger partial charge is 1.00 e. The Bertz CT molecular complexity index is 1820. The Labute approximate surface area is 323 Å². The summed E-state index contributed by atoms with van der Waals surface area (Å²) in [6.45, 7) is 26.4. The van der Waals surface area contributed by atoms with Gasteiger partial charge in [-0.3, -0.25) is 0 Å². The second-order valence-electron chi connectivity index (χ2n) is 17.1. The maximum absolute atomic E-state index is 2.97. The predicted octanol–water partition coefficient (Wildman–Crippen LogP) is 6.92. The monoisotopic (exact) mass is 780 g/mol. The van der Waals surface area contributed by atoms with Gasteiger partial charge < -0.3 is 24.8 Å². The van der Waals surface area contributed by atoms with Crippen molar-refractivity contribution in [1.82, 2.24) is 0 Å². The molecule has 0 amide bonds. The molecular weight excluding hydrogens is 727 g/mol. The molecule has 262 valence electrons. The van der Waals surface area contributed by atoms with E-state index in [9.17, 15) is 0 Å². The second kappa shape index (κ2) is 15.4. The molecule has 4 aromatic rings. The van der Waals surface area contributed by atoms with Crippen LogP contribution < -0.4 is 24.8 Å². The van der Waals surface area contributed by atoms with Crippen LogP contribution in [0.15, 0.2) is 118 Å². The molecule has 0 nitrogen and oxygen atoms in total. The standard InChI is InChI=1S/C21H25.C13H10.C13H21.2ClH.Zr/c1-20(2,3)16-7-9-18-14(12-16)11-15-13-17(21(4,5)6)8-10-19(15)18;1-3-7-12(8-4-1)11-13-9-5-2-6-10-13;1-6-10-8-11(7-2)12(9-10)13(3,4)5;;;/h7-13H,1-6H3;1-10H;9-10H,6-7H2,1-5H3;2*1H;/q;;;;;+2/p-2. The van der Waals surface area contributed by atoms with Gasteiger partial charge in [0.15, 0.2) is 0 Å². The summed E-state index contributed by atoms with van der Waals surface area (Å²) >= 11 is -2.97. The quantitative estimate of drug-likeness (QED) is 0.199. The van der Waals surface area contributed by atoms with Crippen molar-refractivity contribution < 1.29 is 46.1 Å². The molecule has 2 aliphatic carbocycles. The first kappa shape index (κ1) is 40.5. The van der Waals surface area contributed by atoms with E-state index in [-0.39, 0.29) is 41.1 Å². The number of rotatable bonds is 6. The predicted molar refractivity (Wildman–Crippen MR) is 206 cm³/mol. The molecule has 1 atom stereocenters. The van der Waals surface area contributed by atoms with Crippen LogP contribution in [0.5, 0.6) is 0 Å². The summed E-state index contributed by atoms with van der Waals surface area (Å²) in [5.41, 5.74) is 15.3. The van der Waals surface area contributed by atoms with Crippen molar-refractivity contribution in [2.45, 2.75) is 103 Å². The van der Waals surface area contributed by atoms with Gasteiger partial charge in [-0.15, -0.1) is 0 Å². The molecule has 1 unspecified atom stereocenters. The third-order valence-corrected chi connectivity index (χ3v) is 19.5. The average molecular weight is 783 g/mol. The van der Waals surface area contributed by atoms with Gasteiger partial charge in [-0.2, -0.15) is 0 Å². The zero-order chi connectivity index (χ0) is 34.6. The Hall–Kier alpha value is -2.31. The van der Waals surface area contributed by atoms with Crippen LogP contribution >= 0.6 is 0 Å². The molecule has 0 saturated carbocycles. The minimum Gasteiger partial charge on any atom is -1.00 e. The summed E-state index contributed by atoms with van der Waals surface area (Å²) in [7, 11) is 0. The Balaban J connectivity index is 0.00000281. The van der Waals surface area contributed by atoms with Crippen LogP contribution in [0.4, 0.5) is 0 Å². The van der Waals surface area contributed by atoms with Gasteiger partial charge in [-0.25, -0.2) is 0 Å². The maximum Gasteiger partial charge on any atom is -1.00 e. The van der Waals surface area contributed by atoms with Crippen molar-refractivity contribution in [3.63, 3.8) is 0 Å². The molecule has 6 rings (SSSR count). The smallest absolute Gasteiger partial charge is 1.00 e. The molecule has 2 aliphatic rings. The zero-order valence-electron chi connectivity index (χ0n) is 32.1. The summed E-state index contributed by atoms with van der Waals surface area (Å²) in [6.07, 6.45) is 4.94. The molecule has 4 aromatic carbocycles. The Kier molecular flexibility index (Phi) is 12.4. The van der Waals surface area contributed by atoms with Crippen molar-refractivity contribution >= 4 is 3.21 Å². The Morgan fingerprint density at radius 1 is 0.580 bits per heavy atom. The number of benzene rings is 4. The fourth-order valence-corrected chi connectivity index (χ4v) is 18.6. The molecule has 0 saturated heterocycles. The van der Waals surface area contributed by atoms with E-state index in [1.54, 1.807) is 25.5 Å². The summed E-state index contributed by atoms with van der Waals surface area (Å²) in [4.78, 5) is 0. The minimum absolute atomic E-state index is 0. The Morgan fingerprint density at radius 2 is 1.02 bits per heavy atom. The fraction of sp³-hybridized carbons (Fsp3) is 0.383. The molecule has 0 spiro atoms. The maximum atomic E-state index is 2.70. The van der Waals surface area contributed by atoms with Gasteiger partial charge in [0.1, 0.15) is 0 Å². The second-order valence-corrected chi connectivity index (χ2v) is 23.2. The molecule has 0 fully saturated rings. The van der Waals surface area contributed by atoms with Gasteiger partial charge >= 0.3 is 301 Å². The van der Waals surface area contributed by atoms with Crippen LogP contribution in [-0.4, -0.2) is 3.21 Å². The topological polar surface area (TPSA) is 0 Å². The molecule has 0 N–H and O–H groups in total. The van der Waals surface area contributed by atoms with Crippen LogP contribution in [-0.2, 0) is 32.1 Å². The van der Waals surface area contributed by atoms with Crippen molar-refractivity contribution in [2.75, 3.05) is 0 Å². The van der Waals surface area contributed by atoms with Crippen LogP contribution in [0.25, 0.3) is 11.1 Å². The molecule has 0 bridgehead atoms. The third kappa shape index (κ3) is 7.59. The normalized spacial score (nSPS) is 15.7. The van der Waals surface area contributed by atoms with Gasteiger partial charge in [-0.1, -0.05) is 0 Å². The van der Waals surface area contributed by atoms with E-state index in [1.165, 1.54) is 33.4 Å². The first-order valence-electron chi connectivity index (χ1n) is 18.3. The van der Waals surface area contributed by atoms with E-state index in [0.717, 1.165) is 12.8 Å². The fourth-order valence-electron chi connectivity index (χ4n) is 8.15. The molecule has 50 heavy (non-hydrogen) atoms. The molecule has 0 radical (unpaired) electrons. The van der Waals surface area contributed by atoms with Gasteiger partial charge in [0.25, 0.3) is 0 Å². The minimum atomic E-state index is -2.97. The van der Waals surface area contributed by atoms with Crippen LogP contribution in [0.3, 0.4) is 0 Å². The molecular formula is C47H56Cl2Zr. The van der Waals surface area contributed by atoms with E-state index in [0.29, 0.717) is 9.54 Å². The van der Waals surface area contributed by atoms with E-state index < -0.39 is 21.3 Å². The van der Waals surface area contributed by atoms with Crippen molar-refractivity contribution in [1.29, 1.82) is 0 Å². The van der Waals surface area contributed by atoms with Crippen LogP contribution in [0.2, 0.25) is 0 Å². The first-order chi connectivity index (χ1) is 22.6. The van der Waals surface area contributed by atoms with Gasteiger partial charge in [0.2, 0.25) is 0 Å². The summed E-state index contributed by atoms with van der Waals surface area (Å²) in [5.74, 6) is 0.482. The van der Waals surface area contributed by atoms with Crippen molar-refractivity contribution in [3.05, 3.63) is 151 Å². The number of allylic oxidation sites excluding steroid dienone is 4. The number of hydrogen-bond acceptors (Lipinski definition) is 0. The number of halogens is 2. The average Bonchev–Trinajstić information content (AvgIpc) is 3.59. The van der Waals surface area contributed by atoms with Crippen LogP contribution in [0, 0.1) is 11.3 Å². The number of hydrogen-bond donors (Lipinski definition) is 0. The van der Waals surface area contributed by atoms with Crippen molar-refractivity contribution in [2.24, 2.45) is 11.3 Å². The molecule has 3 heteroatoms. The zero-order valence-corrected chi connectivity index (χ0v) is 36.1. The van der Waals surface area contributed by atoms with Crippen LogP contribution in [0.1, 0.15) is 126 Å². The SMILES string of the molecule is CCC1=[C]([Zr+2](=[C](c2ccccc2)c2ccccc2)[CH]2c3cc(C(C)(C)C)ccc3-c3ccc(C(C)(C)C)cc32)C(CC)C=C1C(C)(C)C.[Cl-].[Cl-]. The van der Waals surface area contributed by atoms with E-state index in [2.05, 4.69) is 179 Å². The summed E-state index contributed by atoms with van der Waals surface area (Å²) in [6, 6.07) is 38.0. The summed E-state index contributed by atoms with van der Waals surface area (Å²) < 4.78 is 3.87. The Morgan fingerprint density at radius 3 is 1.38 bits per heavy atom. The van der Waals surface area contributed by atoms with E-state index >= 15 is 0 Å². The van der Waals surface area contributed by atoms with Crippen molar-refractivity contribution in [3.8, 4) is 11.1 Å². The van der Waals surface area contributed by atoms with Gasteiger partial charge in [0.05, 0.1) is 0 Å². The molecule has 0 aliphatic heterocycles. The van der Waals surface area contributed by atoms with Gasteiger partial charge in [-0.05, 0) is 0 Å². The summed E-state index contributed by atoms with van der Waals surface area (Å²) in [5, 5.41) is 0. The third-order valence-electron chi connectivity index (χ3n) is 10.7.